The molecule has 20 heavy (non-hydrogen) atoms. The summed E-state index contributed by atoms with van der Waals surface area (Å²) in [6, 6.07) is 0.532. The molecule has 1 unspecified atom stereocenters. The standard InChI is InChI=1S/C15H27F3N2/c1-11(2)14-9-19-7-8-20(14)10-12-3-5-13(6-4-12)15(16,17)18/h11-14,19H,3-10H2,1-2H3. The molecule has 1 heterocycles. The van der Waals surface area contributed by atoms with Crippen LogP contribution in [0.3, 0.4) is 0 Å². The highest BCUT2D eigenvalue weighted by molar-refractivity contribution is 4.85. The van der Waals surface area contributed by atoms with Crippen LogP contribution >= 0.6 is 0 Å². The fourth-order valence-electron chi connectivity index (χ4n) is 3.66. The number of piperazine rings is 1. The fourth-order valence-corrected chi connectivity index (χ4v) is 3.66. The van der Waals surface area contributed by atoms with E-state index in [1.807, 2.05) is 0 Å². The Kier molecular flexibility index (Phi) is 5.35. The van der Waals surface area contributed by atoms with Gasteiger partial charge in [-0.1, -0.05) is 13.8 Å². The van der Waals surface area contributed by atoms with E-state index in [-0.39, 0.29) is 0 Å². The molecule has 5 heteroatoms. The Bertz CT molecular complexity index is 296. The lowest BCUT2D eigenvalue weighted by Crippen LogP contribution is -2.54. The van der Waals surface area contributed by atoms with Gasteiger partial charge in [-0.25, -0.2) is 0 Å². The largest absolute Gasteiger partial charge is 0.391 e. The van der Waals surface area contributed by atoms with E-state index in [4.69, 9.17) is 0 Å². The van der Waals surface area contributed by atoms with Gasteiger partial charge in [0.1, 0.15) is 0 Å². The molecule has 118 valence electrons. The highest BCUT2D eigenvalue weighted by Crippen LogP contribution is 2.39. The van der Waals surface area contributed by atoms with Crippen LogP contribution in [0.1, 0.15) is 39.5 Å². The van der Waals surface area contributed by atoms with Crippen LogP contribution < -0.4 is 5.32 Å². The molecule has 0 bridgehead atoms. The Hall–Kier alpha value is -0.290. The van der Waals surface area contributed by atoms with E-state index in [2.05, 4.69) is 24.1 Å². The van der Waals surface area contributed by atoms with Gasteiger partial charge in [0.2, 0.25) is 0 Å². The average molecular weight is 292 g/mol. The highest BCUT2D eigenvalue weighted by Gasteiger charge is 2.41. The van der Waals surface area contributed by atoms with Crippen molar-refractivity contribution in [2.45, 2.75) is 51.7 Å². The number of rotatable bonds is 3. The predicted octanol–water partition coefficient (Wildman–Crippen LogP) is 3.28. The quantitative estimate of drug-likeness (QED) is 0.859. The van der Waals surface area contributed by atoms with Crippen molar-refractivity contribution in [3.63, 3.8) is 0 Å². The second kappa shape index (κ2) is 6.65. The number of hydrogen-bond acceptors (Lipinski definition) is 2. The Morgan fingerprint density at radius 2 is 1.80 bits per heavy atom. The second-order valence-corrected chi connectivity index (χ2v) is 6.77. The molecule has 0 aromatic rings. The molecule has 1 atom stereocenters. The lowest BCUT2D eigenvalue weighted by molar-refractivity contribution is -0.184. The monoisotopic (exact) mass is 292 g/mol. The van der Waals surface area contributed by atoms with Crippen molar-refractivity contribution in [3.05, 3.63) is 0 Å². The summed E-state index contributed by atoms with van der Waals surface area (Å²) in [6.07, 6.45) is -1.86. The summed E-state index contributed by atoms with van der Waals surface area (Å²) in [5.74, 6) is -0.00932. The first-order valence-electron chi connectivity index (χ1n) is 7.89. The predicted molar refractivity (Wildman–Crippen MR) is 74.6 cm³/mol. The first kappa shape index (κ1) is 16.1. The van der Waals surface area contributed by atoms with Crippen LogP contribution in [-0.4, -0.2) is 43.3 Å². The fraction of sp³-hybridized carbons (Fsp3) is 1.00. The number of nitrogens with one attached hydrogen (secondary N) is 1. The molecule has 1 aliphatic heterocycles. The molecule has 2 rings (SSSR count). The Morgan fingerprint density at radius 1 is 1.15 bits per heavy atom. The minimum absolute atomic E-state index is 0.326. The van der Waals surface area contributed by atoms with Gasteiger partial charge in [-0.3, -0.25) is 4.90 Å². The van der Waals surface area contributed by atoms with E-state index in [1.165, 1.54) is 0 Å². The molecule has 0 amide bonds. The molecule has 2 nitrogen and oxygen atoms in total. The first-order valence-corrected chi connectivity index (χ1v) is 7.89. The van der Waals surface area contributed by atoms with Crippen molar-refractivity contribution in [1.82, 2.24) is 10.2 Å². The SMILES string of the molecule is CC(C)C1CNCCN1CC1CCC(C(F)(F)F)CC1. The zero-order valence-corrected chi connectivity index (χ0v) is 12.5. The summed E-state index contributed by atoms with van der Waals surface area (Å²) in [7, 11) is 0. The molecule has 1 saturated carbocycles. The summed E-state index contributed by atoms with van der Waals surface area (Å²) < 4.78 is 38.0. The number of halogens is 3. The Labute approximate surface area is 120 Å². The van der Waals surface area contributed by atoms with Crippen LogP contribution in [-0.2, 0) is 0 Å². The van der Waals surface area contributed by atoms with Crippen LogP contribution in [0, 0.1) is 17.8 Å². The van der Waals surface area contributed by atoms with Gasteiger partial charge in [0.15, 0.2) is 0 Å². The van der Waals surface area contributed by atoms with Gasteiger partial charge in [0.05, 0.1) is 5.92 Å². The van der Waals surface area contributed by atoms with E-state index in [9.17, 15) is 13.2 Å². The summed E-state index contributed by atoms with van der Waals surface area (Å²) in [5.41, 5.74) is 0. The summed E-state index contributed by atoms with van der Waals surface area (Å²) >= 11 is 0. The van der Waals surface area contributed by atoms with Crippen LogP contribution in [0.15, 0.2) is 0 Å². The minimum atomic E-state index is -3.99. The van der Waals surface area contributed by atoms with Crippen LogP contribution in [0.2, 0.25) is 0 Å². The maximum Gasteiger partial charge on any atom is 0.391 e. The smallest absolute Gasteiger partial charge is 0.314 e. The van der Waals surface area contributed by atoms with Crippen LogP contribution in [0.5, 0.6) is 0 Å². The molecule has 1 aliphatic carbocycles. The summed E-state index contributed by atoms with van der Waals surface area (Å²) in [4.78, 5) is 2.50. The van der Waals surface area contributed by atoms with Gasteiger partial charge in [-0.05, 0) is 37.5 Å². The van der Waals surface area contributed by atoms with Crippen LogP contribution in [0.25, 0.3) is 0 Å². The first-order chi connectivity index (χ1) is 9.38. The lowest BCUT2D eigenvalue weighted by Gasteiger charge is -2.41. The average Bonchev–Trinajstić information content (AvgIpc) is 2.38. The molecule has 0 radical (unpaired) electrons. The maximum absolute atomic E-state index is 12.7. The van der Waals surface area contributed by atoms with Gasteiger partial charge in [-0.2, -0.15) is 13.2 Å². The van der Waals surface area contributed by atoms with E-state index in [1.54, 1.807) is 0 Å². The highest BCUT2D eigenvalue weighted by atomic mass is 19.4. The van der Waals surface area contributed by atoms with Crippen molar-refractivity contribution in [2.24, 2.45) is 17.8 Å². The van der Waals surface area contributed by atoms with Crippen molar-refractivity contribution < 1.29 is 13.2 Å². The third-order valence-electron chi connectivity index (χ3n) is 4.97. The van der Waals surface area contributed by atoms with Crippen molar-refractivity contribution in [1.29, 1.82) is 0 Å². The zero-order chi connectivity index (χ0) is 14.8. The third kappa shape index (κ3) is 4.10. The molecule has 0 aromatic heterocycles. The number of alkyl halides is 3. The van der Waals surface area contributed by atoms with Gasteiger partial charge >= 0.3 is 6.18 Å². The second-order valence-electron chi connectivity index (χ2n) is 6.77. The maximum atomic E-state index is 12.7. The number of hydrogen-bond donors (Lipinski definition) is 1. The van der Waals surface area contributed by atoms with Gasteiger partial charge in [0.25, 0.3) is 0 Å². The molecule has 1 saturated heterocycles. The van der Waals surface area contributed by atoms with Crippen LogP contribution in [0.4, 0.5) is 13.2 Å². The topological polar surface area (TPSA) is 15.3 Å². The van der Waals surface area contributed by atoms with Crippen molar-refractivity contribution in [3.8, 4) is 0 Å². The zero-order valence-electron chi connectivity index (χ0n) is 12.5. The number of nitrogens with zero attached hydrogens (tertiary/aromatic N) is 1. The van der Waals surface area contributed by atoms with Gasteiger partial charge in [-0.15, -0.1) is 0 Å². The summed E-state index contributed by atoms with van der Waals surface area (Å²) in [6.45, 7) is 8.48. The lowest BCUT2D eigenvalue weighted by atomic mass is 9.81. The molecular formula is C15H27F3N2. The van der Waals surface area contributed by atoms with E-state index in [0.29, 0.717) is 30.7 Å². The van der Waals surface area contributed by atoms with E-state index < -0.39 is 12.1 Å². The normalized spacial score (nSPS) is 33.6. The molecular weight excluding hydrogens is 265 g/mol. The van der Waals surface area contributed by atoms with Gasteiger partial charge < -0.3 is 5.32 Å². The molecule has 0 spiro atoms. The van der Waals surface area contributed by atoms with Crippen molar-refractivity contribution >= 4 is 0 Å². The summed E-state index contributed by atoms with van der Waals surface area (Å²) in [5, 5.41) is 3.42. The molecule has 2 aliphatic rings. The molecule has 1 N–H and O–H groups in total. The van der Waals surface area contributed by atoms with E-state index in [0.717, 1.165) is 39.0 Å². The Balaban J connectivity index is 1.82. The van der Waals surface area contributed by atoms with Gasteiger partial charge in [0, 0.05) is 32.2 Å². The minimum Gasteiger partial charge on any atom is -0.314 e. The third-order valence-corrected chi connectivity index (χ3v) is 4.97. The van der Waals surface area contributed by atoms with Crippen molar-refractivity contribution in [2.75, 3.05) is 26.2 Å². The van der Waals surface area contributed by atoms with E-state index >= 15 is 0 Å². The Morgan fingerprint density at radius 3 is 2.35 bits per heavy atom. The molecule has 2 fully saturated rings. The molecule has 0 aromatic carbocycles.